The van der Waals surface area contributed by atoms with Gasteiger partial charge in [0.05, 0.1) is 5.02 Å². The monoisotopic (exact) mass is 322 g/mol. The summed E-state index contributed by atoms with van der Waals surface area (Å²) in [7, 11) is 0. The van der Waals surface area contributed by atoms with E-state index in [2.05, 4.69) is 20.9 Å². The number of halogens is 2. The lowest BCUT2D eigenvalue weighted by molar-refractivity contribution is 0.620. The van der Waals surface area contributed by atoms with E-state index in [1.807, 2.05) is 18.2 Å². The molecule has 0 aliphatic rings. The molecule has 0 radical (unpaired) electrons. The molecule has 3 rings (SSSR count). The highest BCUT2D eigenvalue weighted by molar-refractivity contribution is 9.10. The van der Waals surface area contributed by atoms with Gasteiger partial charge in [-0.2, -0.15) is 0 Å². The van der Waals surface area contributed by atoms with Crippen LogP contribution in [0.3, 0.4) is 0 Å². The fraction of sp³-hybridized carbons (Fsp3) is 0. The second-order valence-corrected chi connectivity index (χ2v) is 5.14. The van der Waals surface area contributed by atoms with E-state index in [0.29, 0.717) is 22.2 Å². The van der Waals surface area contributed by atoms with Gasteiger partial charge in [0, 0.05) is 21.8 Å². The van der Waals surface area contributed by atoms with Crippen molar-refractivity contribution < 1.29 is 4.42 Å². The zero-order valence-electron chi connectivity index (χ0n) is 9.15. The Hall–Kier alpha value is -1.52. The van der Waals surface area contributed by atoms with Crippen molar-refractivity contribution in [1.82, 2.24) is 4.98 Å². The van der Waals surface area contributed by atoms with E-state index in [4.69, 9.17) is 21.8 Å². The van der Waals surface area contributed by atoms with Crippen LogP contribution in [-0.4, -0.2) is 4.98 Å². The molecule has 1 heterocycles. The Bertz CT molecular complexity index is 739. The van der Waals surface area contributed by atoms with Crippen molar-refractivity contribution in [3.63, 3.8) is 0 Å². The van der Waals surface area contributed by atoms with Gasteiger partial charge in [0.1, 0.15) is 5.52 Å². The largest absolute Gasteiger partial charge is 0.436 e. The summed E-state index contributed by atoms with van der Waals surface area (Å²) >= 11 is 9.40. The van der Waals surface area contributed by atoms with Crippen molar-refractivity contribution in [2.45, 2.75) is 0 Å². The maximum absolute atomic E-state index is 6.05. The molecule has 0 spiro atoms. The van der Waals surface area contributed by atoms with Gasteiger partial charge >= 0.3 is 0 Å². The Balaban J connectivity index is 2.16. The molecule has 3 nitrogen and oxygen atoms in total. The van der Waals surface area contributed by atoms with Crippen molar-refractivity contribution in [3.05, 3.63) is 45.9 Å². The van der Waals surface area contributed by atoms with Crippen molar-refractivity contribution in [2.75, 3.05) is 5.73 Å². The Labute approximate surface area is 117 Å². The molecule has 0 fully saturated rings. The number of anilines is 1. The van der Waals surface area contributed by atoms with Crippen LogP contribution in [0.5, 0.6) is 0 Å². The van der Waals surface area contributed by atoms with E-state index in [-0.39, 0.29) is 0 Å². The molecule has 1 aromatic heterocycles. The van der Waals surface area contributed by atoms with Crippen LogP contribution < -0.4 is 5.73 Å². The number of fused-ring (bicyclic) bond motifs is 1. The quantitative estimate of drug-likeness (QED) is 0.671. The van der Waals surface area contributed by atoms with Gasteiger partial charge in [0.15, 0.2) is 5.58 Å². The molecule has 0 atom stereocenters. The molecular formula is C13H8BrClN2O. The smallest absolute Gasteiger partial charge is 0.227 e. The lowest BCUT2D eigenvalue weighted by Gasteiger charge is -1.98. The average molecular weight is 324 g/mol. The Morgan fingerprint density at radius 2 is 2.00 bits per heavy atom. The van der Waals surface area contributed by atoms with E-state index in [1.165, 1.54) is 0 Å². The minimum atomic E-state index is 0.532. The van der Waals surface area contributed by atoms with Gasteiger partial charge in [0.2, 0.25) is 5.89 Å². The van der Waals surface area contributed by atoms with Crippen LogP contribution in [0.2, 0.25) is 5.02 Å². The van der Waals surface area contributed by atoms with E-state index < -0.39 is 0 Å². The van der Waals surface area contributed by atoms with Gasteiger partial charge in [0.25, 0.3) is 0 Å². The fourth-order valence-corrected chi connectivity index (χ4v) is 2.12. The number of oxazole rings is 1. The number of nitrogen functional groups attached to an aromatic ring is 1. The zero-order chi connectivity index (χ0) is 12.7. The number of aromatic nitrogens is 1. The zero-order valence-corrected chi connectivity index (χ0v) is 11.5. The van der Waals surface area contributed by atoms with Crippen LogP contribution in [0.15, 0.2) is 45.3 Å². The molecule has 3 aromatic rings. The summed E-state index contributed by atoms with van der Waals surface area (Å²) in [5.41, 5.74) is 8.63. The lowest BCUT2D eigenvalue weighted by atomic mass is 10.2. The Morgan fingerprint density at radius 1 is 1.17 bits per heavy atom. The molecule has 0 saturated carbocycles. The highest BCUT2D eigenvalue weighted by Gasteiger charge is 2.09. The first kappa shape index (κ1) is 11.6. The van der Waals surface area contributed by atoms with Crippen LogP contribution in [0.4, 0.5) is 5.69 Å². The highest BCUT2D eigenvalue weighted by Crippen LogP contribution is 2.30. The minimum Gasteiger partial charge on any atom is -0.436 e. The number of rotatable bonds is 1. The molecule has 0 aliphatic heterocycles. The number of hydrogen-bond donors (Lipinski definition) is 1. The summed E-state index contributed by atoms with van der Waals surface area (Å²) in [5, 5.41) is 0.620. The van der Waals surface area contributed by atoms with Crippen molar-refractivity contribution >= 4 is 44.3 Å². The molecule has 5 heteroatoms. The fourth-order valence-electron chi connectivity index (χ4n) is 1.69. The Kier molecular flexibility index (Phi) is 2.76. The number of nitrogens with two attached hydrogens (primary N) is 1. The normalized spacial score (nSPS) is 11.0. The summed E-state index contributed by atoms with van der Waals surface area (Å²) in [6.45, 7) is 0. The number of hydrogen-bond acceptors (Lipinski definition) is 3. The van der Waals surface area contributed by atoms with Gasteiger partial charge in [-0.05, 0) is 46.3 Å². The van der Waals surface area contributed by atoms with Crippen LogP contribution in [-0.2, 0) is 0 Å². The first-order chi connectivity index (χ1) is 8.63. The van der Waals surface area contributed by atoms with Gasteiger partial charge in [-0.25, -0.2) is 4.98 Å². The van der Waals surface area contributed by atoms with E-state index >= 15 is 0 Å². The second kappa shape index (κ2) is 4.30. The summed E-state index contributed by atoms with van der Waals surface area (Å²) < 4.78 is 6.51. The minimum absolute atomic E-state index is 0.532. The predicted octanol–water partition coefficient (Wildman–Crippen LogP) is 4.49. The predicted molar refractivity (Wildman–Crippen MR) is 76.6 cm³/mol. The lowest BCUT2D eigenvalue weighted by Crippen LogP contribution is -1.81. The summed E-state index contributed by atoms with van der Waals surface area (Å²) in [6.07, 6.45) is 0. The first-order valence-electron chi connectivity index (χ1n) is 5.25. The van der Waals surface area contributed by atoms with Gasteiger partial charge in [-0.15, -0.1) is 0 Å². The highest BCUT2D eigenvalue weighted by atomic mass is 79.9. The van der Waals surface area contributed by atoms with Crippen LogP contribution >= 0.6 is 27.5 Å². The van der Waals surface area contributed by atoms with Crippen molar-refractivity contribution in [1.29, 1.82) is 0 Å². The second-order valence-electron chi connectivity index (χ2n) is 3.88. The van der Waals surface area contributed by atoms with Gasteiger partial charge in [-0.1, -0.05) is 11.6 Å². The molecule has 0 bridgehead atoms. The Morgan fingerprint density at radius 3 is 2.78 bits per heavy atom. The molecule has 0 aliphatic carbocycles. The third-order valence-corrected chi connectivity index (χ3v) is 3.81. The molecule has 2 N–H and O–H groups in total. The van der Waals surface area contributed by atoms with Crippen LogP contribution in [0.1, 0.15) is 0 Å². The summed E-state index contributed by atoms with van der Waals surface area (Å²) in [5.74, 6) is 0.532. The maximum Gasteiger partial charge on any atom is 0.227 e. The molecule has 18 heavy (non-hydrogen) atoms. The van der Waals surface area contributed by atoms with Crippen LogP contribution in [0.25, 0.3) is 22.6 Å². The molecular weight excluding hydrogens is 316 g/mol. The molecule has 0 amide bonds. The third-order valence-electron chi connectivity index (χ3n) is 2.58. The average Bonchev–Trinajstić information content (AvgIpc) is 2.75. The van der Waals surface area contributed by atoms with Gasteiger partial charge < -0.3 is 10.2 Å². The molecule has 2 aromatic carbocycles. The number of benzene rings is 2. The van der Waals surface area contributed by atoms with Crippen molar-refractivity contribution in [2.24, 2.45) is 0 Å². The number of nitrogens with zero attached hydrogens (tertiary/aromatic N) is 1. The van der Waals surface area contributed by atoms with Gasteiger partial charge in [-0.3, -0.25) is 0 Å². The maximum atomic E-state index is 6.05. The first-order valence-corrected chi connectivity index (χ1v) is 6.42. The van der Waals surface area contributed by atoms with E-state index in [1.54, 1.807) is 18.2 Å². The summed E-state index contributed by atoms with van der Waals surface area (Å²) in [4.78, 5) is 4.40. The topological polar surface area (TPSA) is 52.0 Å². The SMILES string of the molecule is Nc1ccc2nc(-c3ccc(Br)c(Cl)c3)oc2c1. The molecule has 0 unspecified atom stereocenters. The third kappa shape index (κ3) is 1.98. The molecule has 90 valence electrons. The summed E-state index contributed by atoms with van der Waals surface area (Å²) in [6, 6.07) is 10.9. The van der Waals surface area contributed by atoms with Crippen molar-refractivity contribution in [3.8, 4) is 11.5 Å². The van der Waals surface area contributed by atoms with Crippen LogP contribution in [0, 0.1) is 0 Å². The molecule has 0 saturated heterocycles. The van der Waals surface area contributed by atoms with E-state index in [9.17, 15) is 0 Å². The van der Waals surface area contributed by atoms with E-state index in [0.717, 1.165) is 15.6 Å². The standard InChI is InChI=1S/C13H8BrClN2O/c14-9-3-1-7(5-10(9)15)13-17-11-4-2-8(16)6-12(11)18-13/h1-6H,16H2.